The molecule has 1 amide bonds. The summed E-state index contributed by atoms with van der Waals surface area (Å²) in [5.74, 6) is -0.0450. The van der Waals surface area contributed by atoms with E-state index in [1.807, 2.05) is 0 Å². The molecule has 166 valence electrons. The number of amides is 1. The number of aliphatic hydroxyl groups is 1. The molecule has 4 rings (SSSR count). The Bertz CT molecular complexity index is 1170. The molecule has 2 N–H and O–H groups in total. The van der Waals surface area contributed by atoms with Gasteiger partial charge in [-0.25, -0.2) is 4.98 Å². The zero-order valence-electron chi connectivity index (χ0n) is 17.9. The van der Waals surface area contributed by atoms with Gasteiger partial charge in [0.2, 0.25) is 5.91 Å². The number of pyridine rings is 1. The van der Waals surface area contributed by atoms with Crippen molar-refractivity contribution in [3.05, 3.63) is 40.9 Å². The number of carbonyl (C=O) groups excluding carboxylic acids is 1. The molecule has 0 radical (unpaired) electrons. The smallest absolute Gasteiger partial charge is 0.296 e. The van der Waals surface area contributed by atoms with Crippen LogP contribution < -0.4 is 4.74 Å². The molecule has 9 heteroatoms. The van der Waals surface area contributed by atoms with E-state index in [-0.39, 0.29) is 18.6 Å². The average Bonchev–Trinajstić information content (AvgIpc) is 3.19. The van der Waals surface area contributed by atoms with E-state index >= 15 is 0 Å². The molecule has 1 aliphatic heterocycles. The highest BCUT2D eigenvalue weighted by atomic mass is 35.5. The van der Waals surface area contributed by atoms with Gasteiger partial charge in [-0.05, 0) is 32.0 Å². The van der Waals surface area contributed by atoms with Crippen molar-refractivity contribution in [2.45, 2.75) is 32.8 Å². The Balaban J connectivity index is 1.46. The van der Waals surface area contributed by atoms with Crippen LogP contribution in [0.4, 0.5) is 0 Å². The first-order chi connectivity index (χ1) is 15.3. The van der Waals surface area contributed by atoms with Crippen molar-refractivity contribution in [2.75, 3.05) is 19.7 Å². The molecule has 2 aromatic heterocycles. The first kappa shape index (κ1) is 22.1. The Hall–Kier alpha value is -3.15. The number of ether oxygens (including phenoxy) is 1. The standard InChI is InChI=1S/C23H24ClN5O3/c1-23(2,13-30)21(31)29-9-7-16(8-10-29)32-22-26-18-11-17(24)19(27-20(18)28-22)15-5-3-14(12-25)4-6-15/h3-6,11,16,30H,7-10,13H2,1-2H3,(H,26,27,28). The minimum atomic E-state index is -0.774. The summed E-state index contributed by atoms with van der Waals surface area (Å²) in [6.45, 7) is 4.45. The van der Waals surface area contributed by atoms with Crippen LogP contribution in [-0.4, -0.2) is 56.7 Å². The first-order valence-corrected chi connectivity index (χ1v) is 10.8. The number of nitrogens with zero attached hydrogens (tertiary/aromatic N) is 4. The van der Waals surface area contributed by atoms with Crippen molar-refractivity contribution < 1.29 is 14.6 Å². The van der Waals surface area contributed by atoms with Gasteiger partial charge in [0.05, 0.1) is 39.9 Å². The monoisotopic (exact) mass is 453 g/mol. The molecule has 0 spiro atoms. The lowest BCUT2D eigenvalue weighted by Gasteiger charge is -2.36. The van der Waals surface area contributed by atoms with Gasteiger partial charge in [0.1, 0.15) is 6.10 Å². The van der Waals surface area contributed by atoms with E-state index in [4.69, 9.17) is 21.6 Å². The number of aromatic amines is 1. The maximum atomic E-state index is 12.5. The van der Waals surface area contributed by atoms with Crippen molar-refractivity contribution in [3.8, 4) is 23.3 Å². The van der Waals surface area contributed by atoms with Crippen molar-refractivity contribution in [1.82, 2.24) is 19.9 Å². The number of piperidine rings is 1. The summed E-state index contributed by atoms with van der Waals surface area (Å²) in [6.07, 6.45) is 1.27. The number of nitrogens with one attached hydrogen (secondary N) is 1. The molecule has 1 aromatic carbocycles. The number of aliphatic hydroxyl groups excluding tert-OH is 1. The Morgan fingerprint density at radius 2 is 2.00 bits per heavy atom. The average molecular weight is 454 g/mol. The molecular weight excluding hydrogens is 430 g/mol. The second-order valence-corrected chi connectivity index (χ2v) is 8.98. The fourth-order valence-corrected chi connectivity index (χ4v) is 3.95. The molecule has 1 saturated heterocycles. The van der Waals surface area contributed by atoms with Crippen LogP contribution in [0, 0.1) is 16.7 Å². The van der Waals surface area contributed by atoms with Gasteiger partial charge in [0.15, 0.2) is 5.65 Å². The molecule has 0 saturated carbocycles. The van der Waals surface area contributed by atoms with E-state index in [0.29, 0.717) is 59.4 Å². The number of hydrogen-bond acceptors (Lipinski definition) is 6. The summed E-state index contributed by atoms with van der Waals surface area (Å²) in [7, 11) is 0. The van der Waals surface area contributed by atoms with Crippen LogP contribution in [0.1, 0.15) is 32.3 Å². The fourth-order valence-electron chi connectivity index (χ4n) is 3.69. The summed E-state index contributed by atoms with van der Waals surface area (Å²) >= 11 is 6.44. The maximum Gasteiger partial charge on any atom is 0.296 e. The fraction of sp³-hybridized carbons (Fsp3) is 0.391. The summed E-state index contributed by atoms with van der Waals surface area (Å²) in [6, 6.07) is 11.3. The van der Waals surface area contributed by atoms with Crippen LogP contribution in [0.5, 0.6) is 6.01 Å². The van der Waals surface area contributed by atoms with Crippen LogP contribution in [0.2, 0.25) is 5.02 Å². The highest BCUT2D eigenvalue weighted by Gasteiger charge is 2.34. The topological polar surface area (TPSA) is 115 Å². The van der Waals surface area contributed by atoms with Gasteiger partial charge < -0.3 is 19.7 Å². The molecule has 0 bridgehead atoms. The normalized spacial score (nSPS) is 15.0. The lowest BCUT2D eigenvalue weighted by molar-refractivity contribution is -0.144. The highest BCUT2D eigenvalue weighted by molar-refractivity contribution is 6.33. The van der Waals surface area contributed by atoms with Gasteiger partial charge in [0.25, 0.3) is 6.01 Å². The zero-order valence-corrected chi connectivity index (χ0v) is 18.7. The Morgan fingerprint density at radius 1 is 1.31 bits per heavy atom. The molecule has 32 heavy (non-hydrogen) atoms. The Morgan fingerprint density at radius 3 is 2.62 bits per heavy atom. The van der Waals surface area contributed by atoms with Crippen LogP contribution >= 0.6 is 11.6 Å². The molecule has 1 aliphatic rings. The number of benzene rings is 1. The zero-order chi connectivity index (χ0) is 22.9. The van der Waals surface area contributed by atoms with Crippen molar-refractivity contribution >= 4 is 28.7 Å². The molecule has 1 fully saturated rings. The number of hydrogen-bond donors (Lipinski definition) is 2. The number of fused-ring (bicyclic) bond motifs is 1. The van der Waals surface area contributed by atoms with Crippen molar-refractivity contribution in [3.63, 3.8) is 0 Å². The quantitative estimate of drug-likeness (QED) is 0.610. The minimum Gasteiger partial charge on any atom is -0.461 e. The van der Waals surface area contributed by atoms with E-state index in [1.165, 1.54) is 0 Å². The van der Waals surface area contributed by atoms with Crippen LogP contribution in [-0.2, 0) is 4.79 Å². The van der Waals surface area contributed by atoms with Crippen LogP contribution in [0.25, 0.3) is 22.4 Å². The Labute approximate surface area is 190 Å². The second kappa shape index (κ2) is 8.77. The van der Waals surface area contributed by atoms with Crippen molar-refractivity contribution in [2.24, 2.45) is 5.41 Å². The maximum absolute atomic E-state index is 12.5. The third kappa shape index (κ3) is 4.40. The van der Waals surface area contributed by atoms with Gasteiger partial charge in [-0.3, -0.25) is 4.79 Å². The number of halogens is 1. The molecule has 3 heterocycles. The second-order valence-electron chi connectivity index (χ2n) is 8.57. The first-order valence-electron chi connectivity index (χ1n) is 10.4. The number of aromatic nitrogens is 3. The summed E-state index contributed by atoms with van der Waals surface area (Å²) in [4.78, 5) is 26.4. The molecule has 3 aromatic rings. The van der Waals surface area contributed by atoms with E-state index in [9.17, 15) is 9.90 Å². The van der Waals surface area contributed by atoms with Crippen molar-refractivity contribution in [1.29, 1.82) is 5.26 Å². The third-order valence-electron chi connectivity index (χ3n) is 5.67. The van der Waals surface area contributed by atoms with E-state index < -0.39 is 5.41 Å². The molecule has 0 unspecified atom stereocenters. The van der Waals surface area contributed by atoms with Gasteiger partial charge >= 0.3 is 0 Å². The lowest BCUT2D eigenvalue weighted by Crippen LogP contribution is -2.48. The SMILES string of the molecule is CC(C)(CO)C(=O)N1CCC(Oc2nc3nc(-c4ccc(C#N)cc4)c(Cl)cc3[nH]2)CC1. The van der Waals surface area contributed by atoms with E-state index in [1.54, 1.807) is 49.1 Å². The number of carbonyl (C=O) groups is 1. The van der Waals surface area contributed by atoms with Gasteiger partial charge in [0, 0.05) is 31.5 Å². The predicted octanol–water partition coefficient (Wildman–Crippen LogP) is 3.54. The van der Waals surface area contributed by atoms with Crippen LogP contribution in [0.3, 0.4) is 0 Å². The Kier molecular flexibility index (Phi) is 6.04. The summed E-state index contributed by atoms with van der Waals surface area (Å²) < 4.78 is 6.02. The number of H-pyrrole nitrogens is 1. The highest BCUT2D eigenvalue weighted by Crippen LogP contribution is 2.30. The van der Waals surface area contributed by atoms with Crippen LogP contribution in [0.15, 0.2) is 30.3 Å². The van der Waals surface area contributed by atoms with Gasteiger partial charge in [-0.15, -0.1) is 0 Å². The third-order valence-corrected chi connectivity index (χ3v) is 5.96. The number of nitriles is 1. The van der Waals surface area contributed by atoms with E-state index in [2.05, 4.69) is 21.0 Å². The number of likely N-dealkylation sites (tertiary alicyclic amines) is 1. The largest absolute Gasteiger partial charge is 0.461 e. The molecule has 8 nitrogen and oxygen atoms in total. The number of rotatable bonds is 5. The molecule has 0 aliphatic carbocycles. The lowest BCUT2D eigenvalue weighted by atomic mass is 9.91. The molecular formula is C23H24ClN5O3. The summed E-state index contributed by atoms with van der Waals surface area (Å²) in [5, 5.41) is 18.9. The van der Waals surface area contributed by atoms with Gasteiger partial charge in [-0.2, -0.15) is 10.2 Å². The van der Waals surface area contributed by atoms with E-state index in [0.717, 1.165) is 5.56 Å². The van der Waals surface area contributed by atoms with Gasteiger partial charge in [-0.1, -0.05) is 23.7 Å². The number of imidazole rings is 1. The molecule has 0 atom stereocenters. The minimum absolute atomic E-state index is 0.0450. The predicted molar refractivity (Wildman–Crippen MR) is 120 cm³/mol. The summed E-state index contributed by atoms with van der Waals surface area (Å²) in [5.41, 5.74) is 2.32.